The van der Waals surface area contributed by atoms with Crippen LogP contribution in [0.1, 0.15) is 51.2 Å². The van der Waals surface area contributed by atoms with Gasteiger partial charge in [-0.3, -0.25) is 9.59 Å². The van der Waals surface area contributed by atoms with E-state index in [1.165, 1.54) is 0 Å². The summed E-state index contributed by atoms with van der Waals surface area (Å²) in [4.78, 5) is 27.3. The zero-order chi connectivity index (χ0) is 21.6. The van der Waals surface area contributed by atoms with E-state index in [1.807, 2.05) is 27.7 Å². The molecule has 11 heteroatoms. The summed E-state index contributed by atoms with van der Waals surface area (Å²) in [6.07, 6.45) is 0.0603. The zero-order valence-corrected chi connectivity index (χ0v) is 18.0. The van der Waals surface area contributed by atoms with E-state index in [1.54, 1.807) is 40.9 Å². The van der Waals surface area contributed by atoms with Crippen molar-refractivity contribution >= 4 is 23.6 Å². The van der Waals surface area contributed by atoms with Crippen molar-refractivity contribution in [3.8, 4) is 5.75 Å². The van der Waals surface area contributed by atoms with Gasteiger partial charge in [0.2, 0.25) is 11.8 Å². The SMILES string of the molecule is CC(C)Oc1ccc(C(N)C(=O)NC2C(=O)N3C(c4nnn[nH]4)C(C)(C)S[C@@H]23)cc1. The van der Waals surface area contributed by atoms with Gasteiger partial charge in [-0.05, 0) is 55.8 Å². The molecule has 2 saturated heterocycles. The second-order valence-electron chi connectivity index (χ2n) is 8.25. The van der Waals surface area contributed by atoms with Gasteiger partial charge in [0.25, 0.3) is 0 Å². The summed E-state index contributed by atoms with van der Waals surface area (Å²) >= 11 is 1.61. The maximum Gasteiger partial charge on any atom is 0.249 e. The minimum absolute atomic E-state index is 0.0603. The molecule has 4 N–H and O–H groups in total. The minimum Gasteiger partial charge on any atom is -0.491 e. The van der Waals surface area contributed by atoms with Crippen LogP contribution in [-0.2, 0) is 9.59 Å². The lowest BCUT2D eigenvalue weighted by atomic mass is 9.95. The number of benzene rings is 1. The standard InChI is InChI=1S/C19H25N7O3S/c1-9(2)29-11-7-5-10(6-8-11)12(20)16(27)21-13-17(28)26-14(15-22-24-25-23-15)19(3,4)30-18(13)26/h5-9,12-14,18H,20H2,1-4H3,(H,21,27)(H,22,23,24,25)/t12?,13?,14?,18-/m0/s1. The molecule has 2 amide bonds. The van der Waals surface area contributed by atoms with Crippen molar-refractivity contribution in [2.45, 2.75) is 62.0 Å². The van der Waals surface area contributed by atoms with Gasteiger partial charge in [0.1, 0.15) is 29.2 Å². The van der Waals surface area contributed by atoms with Crippen molar-refractivity contribution in [2.75, 3.05) is 0 Å². The van der Waals surface area contributed by atoms with E-state index in [9.17, 15) is 9.59 Å². The number of nitrogens with two attached hydrogens (primary N) is 1. The van der Waals surface area contributed by atoms with Crippen molar-refractivity contribution in [1.82, 2.24) is 30.8 Å². The number of amides is 2. The summed E-state index contributed by atoms with van der Waals surface area (Å²) in [5.41, 5.74) is 6.79. The number of aromatic amines is 1. The van der Waals surface area contributed by atoms with Gasteiger partial charge in [-0.15, -0.1) is 16.9 Å². The van der Waals surface area contributed by atoms with E-state index in [0.717, 1.165) is 0 Å². The van der Waals surface area contributed by atoms with Gasteiger partial charge >= 0.3 is 0 Å². The molecule has 2 aliphatic rings. The molecule has 2 fully saturated rings. The molecule has 0 spiro atoms. The zero-order valence-electron chi connectivity index (χ0n) is 17.2. The summed E-state index contributed by atoms with van der Waals surface area (Å²) in [7, 11) is 0. The molecule has 160 valence electrons. The number of nitrogens with zero attached hydrogens (tertiary/aromatic N) is 4. The predicted molar refractivity (Wildman–Crippen MR) is 110 cm³/mol. The number of fused-ring (bicyclic) bond motifs is 1. The Morgan fingerprint density at radius 2 is 2.03 bits per heavy atom. The highest BCUT2D eigenvalue weighted by atomic mass is 32.2. The molecule has 30 heavy (non-hydrogen) atoms. The van der Waals surface area contributed by atoms with E-state index in [2.05, 4.69) is 25.9 Å². The summed E-state index contributed by atoms with van der Waals surface area (Å²) in [6, 6.07) is 5.29. The fourth-order valence-corrected chi connectivity index (χ4v) is 5.53. The number of tetrazole rings is 1. The van der Waals surface area contributed by atoms with E-state index in [-0.39, 0.29) is 28.2 Å². The molecule has 0 radical (unpaired) electrons. The predicted octanol–water partition coefficient (Wildman–Crippen LogP) is 0.907. The third-order valence-electron chi connectivity index (χ3n) is 5.25. The Labute approximate surface area is 178 Å². The van der Waals surface area contributed by atoms with Gasteiger partial charge in [-0.1, -0.05) is 12.1 Å². The highest BCUT2D eigenvalue weighted by molar-refractivity contribution is 8.01. The van der Waals surface area contributed by atoms with Gasteiger partial charge < -0.3 is 20.7 Å². The van der Waals surface area contributed by atoms with E-state index >= 15 is 0 Å². The number of ether oxygens (including phenoxy) is 1. The van der Waals surface area contributed by atoms with Gasteiger partial charge in [0.05, 0.1) is 6.10 Å². The number of hydrogen-bond acceptors (Lipinski definition) is 8. The quantitative estimate of drug-likeness (QED) is 0.574. The molecule has 3 heterocycles. The van der Waals surface area contributed by atoms with Gasteiger partial charge in [-0.2, -0.15) is 0 Å². The molecule has 1 aromatic heterocycles. The number of thioether (sulfide) groups is 1. The second-order valence-corrected chi connectivity index (χ2v) is 10.0. The first-order valence-corrected chi connectivity index (χ1v) is 10.6. The van der Waals surface area contributed by atoms with Crippen molar-refractivity contribution in [3.63, 3.8) is 0 Å². The van der Waals surface area contributed by atoms with Crippen molar-refractivity contribution in [2.24, 2.45) is 5.73 Å². The number of H-pyrrole nitrogens is 1. The summed E-state index contributed by atoms with van der Waals surface area (Å²) in [5.74, 6) is 0.687. The Kier molecular flexibility index (Phi) is 5.18. The monoisotopic (exact) mass is 431 g/mol. The number of hydrogen-bond donors (Lipinski definition) is 3. The molecule has 0 saturated carbocycles. The number of carbonyl (C=O) groups is 2. The van der Waals surface area contributed by atoms with Crippen molar-refractivity contribution in [3.05, 3.63) is 35.7 Å². The lowest BCUT2D eigenvalue weighted by Crippen LogP contribution is -2.68. The molecule has 0 aliphatic carbocycles. The fraction of sp³-hybridized carbons (Fsp3) is 0.526. The maximum absolute atomic E-state index is 12.8. The van der Waals surface area contributed by atoms with Crippen LogP contribution < -0.4 is 15.8 Å². The molecular weight excluding hydrogens is 406 g/mol. The van der Waals surface area contributed by atoms with E-state index in [4.69, 9.17) is 10.5 Å². The molecule has 4 rings (SSSR count). The Hall–Kier alpha value is -2.66. The number of aromatic nitrogens is 4. The Morgan fingerprint density at radius 1 is 1.33 bits per heavy atom. The highest BCUT2D eigenvalue weighted by Crippen LogP contribution is 2.56. The number of carbonyl (C=O) groups excluding carboxylic acids is 2. The van der Waals surface area contributed by atoms with Gasteiger partial charge in [-0.25, -0.2) is 5.10 Å². The number of rotatable bonds is 6. The van der Waals surface area contributed by atoms with E-state index in [0.29, 0.717) is 17.1 Å². The first kappa shape index (κ1) is 20.6. The normalized spacial score (nSPS) is 25.6. The smallest absolute Gasteiger partial charge is 0.249 e. The lowest BCUT2D eigenvalue weighted by molar-refractivity contribution is -0.152. The minimum atomic E-state index is -0.881. The summed E-state index contributed by atoms with van der Waals surface area (Å²) in [5, 5.41) is 16.6. The summed E-state index contributed by atoms with van der Waals surface area (Å²) in [6.45, 7) is 7.94. The van der Waals surface area contributed by atoms with E-state index < -0.39 is 18.0 Å². The molecule has 10 nitrogen and oxygen atoms in total. The van der Waals surface area contributed by atoms with Crippen LogP contribution in [0.15, 0.2) is 24.3 Å². The third kappa shape index (κ3) is 3.52. The average Bonchev–Trinajstić information content (AvgIpc) is 3.29. The van der Waals surface area contributed by atoms with Crippen molar-refractivity contribution < 1.29 is 14.3 Å². The molecule has 2 aromatic rings. The molecular formula is C19H25N7O3S. The second kappa shape index (κ2) is 7.55. The van der Waals surface area contributed by atoms with Crippen LogP contribution in [-0.4, -0.2) is 59.6 Å². The van der Waals surface area contributed by atoms with Gasteiger partial charge in [0.15, 0.2) is 5.82 Å². The van der Waals surface area contributed by atoms with Crippen molar-refractivity contribution in [1.29, 1.82) is 0 Å². The van der Waals surface area contributed by atoms with Crippen LogP contribution in [0.3, 0.4) is 0 Å². The number of β-lactam (4-membered cyclic amide) rings is 1. The first-order valence-electron chi connectivity index (χ1n) is 9.75. The van der Waals surface area contributed by atoms with Crippen LogP contribution in [0, 0.1) is 0 Å². The third-order valence-corrected chi connectivity index (χ3v) is 6.82. The Balaban J connectivity index is 1.43. The maximum atomic E-state index is 12.8. The number of nitrogens with one attached hydrogen (secondary N) is 2. The van der Waals surface area contributed by atoms with Crippen LogP contribution >= 0.6 is 11.8 Å². The molecule has 1 aromatic carbocycles. The molecule has 3 unspecified atom stereocenters. The largest absolute Gasteiger partial charge is 0.491 e. The lowest BCUT2D eigenvalue weighted by Gasteiger charge is -2.44. The first-order chi connectivity index (χ1) is 14.2. The average molecular weight is 432 g/mol. The van der Waals surface area contributed by atoms with Crippen LogP contribution in [0.4, 0.5) is 0 Å². The fourth-order valence-electron chi connectivity index (χ4n) is 3.89. The summed E-state index contributed by atoms with van der Waals surface area (Å²) < 4.78 is 5.30. The Bertz CT molecular complexity index is 932. The van der Waals surface area contributed by atoms with Crippen LogP contribution in [0.2, 0.25) is 0 Å². The molecule has 2 aliphatic heterocycles. The van der Waals surface area contributed by atoms with Gasteiger partial charge in [0, 0.05) is 4.75 Å². The topological polar surface area (TPSA) is 139 Å². The Morgan fingerprint density at radius 3 is 2.63 bits per heavy atom. The van der Waals surface area contributed by atoms with Crippen LogP contribution in [0.25, 0.3) is 0 Å². The molecule has 4 atom stereocenters. The highest BCUT2D eigenvalue weighted by Gasteiger charge is 2.63. The van der Waals surface area contributed by atoms with Crippen LogP contribution in [0.5, 0.6) is 5.75 Å². The molecule has 0 bridgehead atoms.